The smallest absolute Gasteiger partial charge is 0.271 e. The van der Waals surface area contributed by atoms with E-state index in [0.717, 1.165) is 6.54 Å². The van der Waals surface area contributed by atoms with Crippen molar-refractivity contribution >= 4 is 21.4 Å². The van der Waals surface area contributed by atoms with Gasteiger partial charge in [-0.15, -0.1) is 11.3 Å². The highest BCUT2D eigenvalue weighted by atomic mass is 32.2. The number of furan rings is 1. The first kappa shape index (κ1) is 13.8. The predicted molar refractivity (Wildman–Crippen MR) is 77.0 cm³/mol. The van der Waals surface area contributed by atoms with Crippen LogP contribution >= 0.6 is 11.3 Å². The average Bonchev–Trinajstić information content (AvgIpc) is 3.01. The van der Waals surface area contributed by atoms with Crippen LogP contribution in [0.1, 0.15) is 27.5 Å². The Hall–Kier alpha value is -1.15. The molecule has 2 heterocycles. The maximum absolute atomic E-state index is 11.1. The van der Waals surface area contributed by atoms with Crippen molar-refractivity contribution in [3.63, 3.8) is 0 Å². The third-order valence-corrected chi connectivity index (χ3v) is 5.33. The summed E-state index contributed by atoms with van der Waals surface area (Å²) in [5.41, 5.74) is 1.49. The molecule has 0 saturated heterocycles. The van der Waals surface area contributed by atoms with Gasteiger partial charge < -0.3 is 9.73 Å². The highest BCUT2D eigenvalue weighted by molar-refractivity contribution is 7.89. The molecule has 1 aliphatic carbocycles. The molecule has 2 aromatic rings. The van der Waals surface area contributed by atoms with Crippen molar-refractivity contribution in [2.45, 2.75) is 37.4 Å². The van der Waals surface area contributed by atoms with Crippen LogP contribution in [0.15, 0.2) is 27.7 Å². The van der Waals surface area contributed by atoms with Crippen molar-refractivity contribution in [2.24, 2.45) is 5.14 Å². The largest absolute Gasteiger partial charge is 0.447 e. The molecule has 0 unspecified atom stereocenters. The molecule has 7 heteroatoms. The van der Waals surface area contributed by atoms with Crippen LogP contribution in [0.5, 0.6) is 0 Å². The molecule has 0 saturated carbocycles. The van der Waals surface area contributed by atoms with E-state index in [0.29, 0.717) is 12.3 Å². The Labute approximate surface area is 121 Å². The summed E-state index contributed by atoms with van der Waals surface area (Å²) in [6.45, 7) is 1.25. The summed E-state index contributed by atoms with van der Waals surface area (Å²) >= 11 is 1.86. The quantitative estimate of drug-likeness (QED) is 0.881. The minimum absolute atomic E-state index is 0.190. The lowest BCUT2D eigenvalue weighted by Gasteiger charge is -2.00. The average molecular weight is 312 g/mol. The van der Waals surface area contributed by atoms with Gasteiger partial charge in [-0.05, 0) is 43.0 Å². The van der Waals surface area contributed by atoms with Gasteiger partial charge >= 0.3 is 0 Å². The lowest BCUT2D eigenvalue weighted by Crippen LogP contribution is -2.12. The number of nitrogens with two attached hydrogens (primary N) is 1. The van der Waals surface area contributed by atoms with Crippen molar-refractivity contribution in [1.82, 2.24) is 5.32 Å². The first-order valence-electron chi connectivity index (χ1n) is 6.45. The molecular weight excluding hydrogens is 296 g/mol. The zero-order valence-electron chi connectivity index (χ0n) is 10.9. The number of fused-ring (bicyclic) bond motifs is 1. The van der Waals surface area contributed by atoms with Crippen molar-refractivity contribution < 1.29 is 12.8 Å². The zero-order valence-corrected chi connectivity index (χ0v) is 12.5. The molecule has 3 rings (SSSR count). The van der Waals surface area contributed by atoms with E-state index in [1.807, 2.05) is 11.3 Å². The number of hydrogen-bond donors (Lipinski definition) is 2. The van der Waals surface area contributed by atoms with E-state index in [9.17, 15) is 8.42 Å². The van der Waals surface area contributed by atoms with E-state index in [2.05, 4.69) is 11.4 Å². The van der Waals surface area contributed by atoms with Gasteiger partial charge in [0, 0.05) is 16.3 Å². The third kappa shape index (κ3) is 2.95. The van der Waals surface area contributed by atoms with Crippen LogP contribution in [0.25, 0.3) is 0 Å². The minimum Gasteiger partial charge on any atom is -0.447 e. The third-order valence-electron chi connectivity index (χ3n) is 3.31. The van der Waals surface area contributed by atoms with E-state index in [-0.39, 0.29) is 5.09 Å². The summed E-state index contributed by atoms with van der Waals surface area (Å²) < 4.78 is 27.3. The lowest BCUT2D eigenvalue weighted by molar-refractivity contribution is 0.402. The Morgan fingerprint density at radius 1 is 1.30 bits per heavy atom. The number of aryl methyl sites for hydroxylation is 2. The first-order valence-corrected chi connectivity index (χ1v) is 8.81. The molecule has 2 aromatic heterocycles. The van der Waals surface area contributed by atoms with Gasteiger partial charge in [-0.1, -0.05) is 0 Å². The SMILES string of the molecule is NS(=O)(=O)c1ccc(CNCc2cc3c(s2)CCC3)o1. The highest BCUT2D eigenvalue weighted by Gasteiger charge is 2.15. The predicted octanol–water partition coefficient (Wildman–Crippen LogP) is 1.77. The van der Waals surface area contributed by atoms with Crippen LogP contribution in [0, 0.1) is 0 Å². The molecule has 0 spiro atoms. The number of primary sulfonamides is 1. The normalized spacial score (nSPS) is 14.7. The Morgan fingerprint density at radius 3 is 2.85 bits per heavy atom. The van der Waals surface area contributed by atoms with Gasteiger partial charge in [0.05, 0.1) is 6.54 Å². The Balaban J connectivity index is 1.56. The maximum atomic E-state index is 11.1. The van der Waals surface area contributed by atoms with E-state index >= 15 is 0 Å². The lowest BCUT2D eigenvalue weighted by atomic mass is 10.2. The Kier molecular flexibility index (Phi) is 3.68. The summed E-state index contributed by atoms with van der Waals surface area (Å²) in [7, 11) is -3.75. The number of sulfonamides is 1. The van der Waals surface area contributed by atoms with Gasteiger partial charge in [0.15, 0.2) is 0 Å². The van der Waals surface area contributed by atoms with Crippen LogP contribution in [-0.2, 0) is 36.0 Å². The van der Waals surface area contributed by atoms with Gasteiger partial charge in [0.25, 0.3) is 10.0 Å². The van der Waals surface area contributed by atoms with E-state index in [1.165, 1.54) is 40.6 Å². The van der Waals surface area contributed by atoms with Crippen LogP contribution < -0.4 is 10.5 Å². The van der Waals surface area contributed by atoms with Gasteiger partial charge in [-0.25, -0.2) is 13.6 Å². The molecule has 5 nitrogen and oxygen atoms in total. The Morgan fingerprint density at radius 2 is 2.15 bits per heavy atom. The second-order valence-electron chi connectivity index (χ2n) is 4.88. The fraction of sp³-hybridized carbons (Fsp3) is 0.385. The molecular formula is C13H16N2O3S2. The molecule has 0 aliphatic heterocycles. The molecule has 0 fully saturated rings. The fourth-order valence-electron chi connectivity index (χ4n) is 2.39. The molecule has 20 heavy (non-hydrogen) atoms. The van der Waals surface area contributed by atoms with Gasteiger partial charge in [0.1, 0.15) is 5.76 Å². The molecule has 0 aromatic carbocycles. The van der Waals surface area contributed by atoms with E-state index in [1.54, 1.807) is 6.07 Å². The van der Waals surface area contributed by atoms with E-state index < -0.39 is 10.0 Å². The molecule has 0 amide bonds. The number of rotatable bonds is 5. The minimum atomic E-state index is -3.75. The molecule has 108 valence electrons. The first-order chi connectivity index (χ1) is 9.52. The zero-order chi connectivity index (χ0) is 14.2. The monoisotopic (exact) mass is 312 g/mol. The van der Waals surface area contributed by atoms with Crippen LogP contribution in [0.2, 0.25) is 0 Å². The number of hydrogen-bond acceptors (Lipinski definition) is 5. The van der Waals surface area contributed by atoms with Crippen LogP contribution in [0.3, 0.4) is 0 Å². The second-order valence-corrected chi connectivity index (χ2v) is 7.60. The van der Waals surface area contributed by atoms with Gasteiger partial charge in [-0.3, -0.25) is 0 Å². The molecule has 1 aliphatic rings. The Bertz CT molecular complexity index is 694. The summed E-state index contributed by atoms with van der Waals surface area (Å²) in [6, 6.07) is 5.27. The van der Waals surface area contributed by atoms with Crippen molar-refractivity contribution in [1.29, 1.82) is 0 Å². The molecule has 0 radical (unpaired) electrons. The fourth-order valence-corrected chi connectivity index (χ4v) is 4.10. The van der Waals surface area contributed by atoms with E-state index in [4.69, 9.17) is 9.56 Å². The van der Waals surface area contributed by atoms with Gasteiger partial charge in [0.2, 0.25) is 5.09 Å². The molecule has 0 bridgehead atoms. The molecule has 0 atom stereocenters. The highest BCUT2D eigenvalue weighted by Crippen LogP contribution is 2.30. The summed E-state index contributed by atoms with van der Waals surface area (Å²) in [5.74, 6) is 0.568. The summed E-state index contributed by atoms with van der Waals surface area (Å²) in [4.78, 5) is 2.82. The van der Waals surface area contributed by atoms with Gasteiger partial charge in [-0.2, -0.15) is 0 Å². The number of thiophene rings is 1. The summed E-state index contributed by atoms with van der Waals surface area (Å²) in [6.07, 6.45) is 3.68. The van der Waals surface area contributed by atoms with Crippen LogP contribution in [0.4, 0.5) is 0 Å². The van der Waals surface area contributed by atoms with Crippen molar-refractivity contribution in [3.8, 4) is 0 Å². The second kappa shape index (κ2) is 5.33. The number of nitrogens with one attached hydrogen (secondary N) is 1. The maximum Gasteiger partial charge on any atom is 0.271 e. The van der Waals surface area contributed by atoms with Crippen LogP contribution in [-0.4, -0.2) is 8.42 Å². The molecule has 3 N–H and O–H groups in total. The standard InChI is InChI=1S/C13H16N2O3S2/c14-20(16,17)13-5-4-10(18-13)7-15-8-11-6-9-2-1-3-12(9)19-11/h4-6,15H,1-3,7-8H2,(H2,14,16,17). The van der Waals surface area contributed by atoms with Crippen molar-refractivity contribution in [2.75, 3.05) is 0 Å². The van der Waals surface area contributed by atoms with Crippen molar-refractivity contribution in [3.05, 3.63) is 39.3 Å². The topological polar surface area (TPSA) is 85.3 Å². The summed E-state index contributed by atoms with van der Waals surface area (Å²) in [5, 5.41) is 8.05.